The molecule has 0 aliphatic carbocycles. The highest BCUT2D eigenvalue weighted by Crippen LogP contribution is 2.36. The van der Waals surface area contributed by atoms with E-state index in [1.54, 1.807) is 31.2 Å². The van der Waals surface area contributed by atoms with Crippen molar-refractivity contribution in [3.05, 3.63) is 57.8 Å². The third-order valence-corrected chi connectivity index (χ3v) is 6.53. The average molecular weight is 427 g/mol. The number of phenolic OH excluding ortho intramolecular Hbond substituents is 1. The van der Waals surface area contributed by atoms with Crippen LogP contribution in [-0.2, 0) is 6.54 Å². The van der Waals surface area contributed by atoms with Crippen molar-refractivity contribution < 1.29 is 14.3 Å². The second-order valence-electron chi connectivity index (χ2n) is 8.29. The first-order valence-corrected chi connectivity index (χ1v) is 10.8. The Morgan fingerprint density at radius 3 is 2.70 bits per heavy atom. The topological polar surface area (TPSA) is 65.7 Å². The van der Waals surface area contributed by atoms with Crippen molar-refractivity contribution in [2.75, 3.05) is 18.4 Å². The fourth-order valence-corrected chi connectivity index (χ4v) is 4.35. The summed E-state index contributed by atoms with van der Waals surface area (Å²) in [5, 5.41) is 14.9. The number of furan rings is 1. The van der Waals surface area contributed by atoms with Crippen molar-refractivity contribution in [1.82, 2.24) is 4.90 Å². The van der Waals surface area contributed by atoms with Crippen molar-refractivity contribution in [3.8, 4) is 5.75 Å². The maximum Gasteiger partial charge on any atom is 0.259 e. The van der Waals surface area contributed by atoms with Gasteiger partial charge in [-0.15, -0.1) is 0 Å². The lowest BCUT2D eigenvalue weighted by atomic mass is 9.97. The van der Waals surface area contributed by atoms with Crippen molar-refractivity contribution in [3.63, 3.8) is 0 Å². The van der Waals surface area contributed by atoms with Crippen molar-refractivity contribution in [2.24, 2.45) is 5.92 Å². The molecule has 158 valence electrons. The molecule has 2 heterocycles. The lowest BCUT2D eigenvalue weighted by molar-refractivity contribution is 0.102. The zero-order chi connectivity index (χ0) is 21.4. The number of likely N-dealkylation sites (tertiary alicyclic amines) is 1. The van der Waals surface area contributed by atoms with E-state index in [0.717, 1.165) is 43.0 Å². The molecule has 2 aromatic carbocycles. The Kier molecular flexibility index (Phi) is 5.76. The van der Waals surface area contributed by atoms with Gasteiger partial charge in [0.2, 0.25) is 0 Å². The number of carbonyl (C=O) groups excluding carboxylic acids is 1. The number of benzene rings is 2. The Morgan fingerprint density at radius 2 is 1.97 bits per heavy atom. The molecule has 1 amide bonds. The van der Waals surface area contributed by atoms with Gasteiger partial charge in [0.15, 0.2) is 0 Å². The monoisotopic (exact) mass is 426 g/mol. The summed E-state index contributed by atoms with van der Waals surface area (Å²) in [5.74, 6) is 1.18. The van der Waals surface area contributed by atoms with E-state index in [0.29, 0.717) is 39.5 Å². The summed E-state index contributed by atoms with van der Waals surface area (Å²) in [4.78, 5) is 15.6. The molecule has 0 radical (unpaired) electrons. The summed E-state index contributed by atoms with van der Waals surface area (Å²) in [6, 6.07) is 8.79. The number of fused-ring (bicyclic) bond motifs is 1. The van der Waals surface area contributed by atoms with Crippen LogP contribution in [0.5, 0.6) is 5.75 Å². The van der Waals surface area contributed by atoms with Gasteiger partial charge in [-0.2, -0.15) is 0 Å². The van der Waals surface area contributed by atoms with Crippen LogP contribution in [0.3, 0.4) is 0 Å². The van der Waals surface area contributed by atoms with Crippen molar-refractivity contribution in [2.45, 2.75) is 40.2 Å². The van der Waals surface area contributed by atoms with E-state index in [1.807, 2.05) is 13.0 Å². The number of carbonyl (C=O) groups is 1. The highest BCUT2D eigenvalue weighted by molar-refractivity contribution is 6.31. The van der Waals surface area contributed by atoms with Crippen LogP contribution >= 0.6 is 11.6 Å². The molecular weight excluding hydrogens is 400 g/mol. The summed E-state index contributed by atoms with van der Waals surface area (Å²) in [6.45, 7) is 8.48. The minimum absolute atomic E-state index is 0.190. The number of hydrogen-bond donors (Lipinski definition) is 2. The number of anilines is 1. The standard InChI is InChI=1S/C24H27ClN2O3/c1-14-9-11-27(12-10-14)13-17-20(28)7-8-21-23(17)22(16(3)30-21)24(29)26-19-6-4-5-18(25)15(19)2/h4-8,14,28H,9-13H2,1-3H3,(H,26,29). The Hall–Kier alpha value is -2.50. The van der Waals surface area contributed by atoms with Gasteiger partial charge in [-0.1, -0.05) is 24.6 Å². The lowest BCUT2D eigenvalue weighted by Gasteiger charge is -2.30. The first-order valence-electron chi connectivity index (χ1n) is 10.4. The van der Waals surface area contributed by atoms with E-state index in [9.17, 15) is 9.90 Å². The maximum absolute atomic E-state index is 13.3. The largest absolute Gasteiger partial charge is 0.508 e. The van der Waals surface area contributed by atoms with Gasteiger partial charge in [0.25, 0.3) is 5.91 Å². The number of hydrogen-bond acceptors (Lipinski definition) is 4. The summed E-state index contributed by atoms with van der Waals surface area (Å²) in [5.41, 5.74) is 3.28. The maximum atomic E-state index is 13.3. The first-order chi connectivity index (χ1) is 14.3. The van der Waals surface area contributed by atoms with Crippen LogP contribution in [0.1, 0.15) is 47.0 Å². The van der Waals surface area contributed by atoms with Crippen LogP contribution in [0, 0.1) is 19.8 Å². The number of nitrogens with one attached hydrogen (secondary N) is 1. The van der Waals surface area contributed by atoms with Crippen LogP contribution in [0.25, 0.3) is 11.0 Å². The van der Waals surface area contributed by atoms with Gasteiger partial charge >= 0.3 is 0 Å². The summed E-state index contributed by atoms with van der Waals surface area (Å²) < 4.78 is 5.90. The van der Waals surface area contributed by atoms with Crippen LogP contribution < -0.4 is 5.32 Å². The molecule has 0 saturated carbocycles. The molecule has 1 fully saturated rings. The number of nitrogens with zero attached hydrogens (tertiary/aromatic N) is 1. The Morgan fingerprint density at radius 1 is 1.23 bits per heavy atom. The van der Waals surface area contributed by atoms with Crippen LogP contribution in [-0.4, -0.2) is 29.0 Å². The van der Waals surface area contributed by atoms with Gasteiger partial charge in [0.05, 0.1) is 5.56 Å². The first kappa shape index (κ1) is 20.8. The molecular formula is C24H27ClN2O3. The SMILES string of the molecule is Cc1oc2ccc(O)c(CN3CCC(C)CC3)c2c1C(=O)Nc1cccc(Cl)c1C. The Labute approximate surface area is 181 Å². The van der Waals surface area contributed by atoms with Gasteiger partial charge in [0, 0.05) is 28.2 Å². The van der Waals surface area contributed by atoms with Crippen LogP contribution in [0.15, 0.2) is 34.7 Å². The normalized spacial score (nSPS) is 15.6. The lowest BCUT2D eigenvalue weighted by Crippen LogP contribution is -2.32. The smallest absolute Gasteiger partial charge is 0.259 e. The van der Waals surface area contributed by atoms with Crippen LogP contribution in [0.4, 0.5) is 5.69 Å². The number of aromatic hydroxyl groups is 1. The van der Waals surface area contributed by atoms with E-state index in [-0.39, 0.29) is 11.7 Å². The minimum atomic E-state index is -0.268. The van der Waals surface area contributed by atoms with E-state index < -0.39 is 0 Å². The Bertz CT molecular complexity index is 1100. The predicted octanol–water partition coefficient (Wildman–Crippen LogP) is 5.89. The van der Waals surface area contributed by atoms with Gasteiger partial charge in [0.1, 0.15) is 17.1 Å². The van der Waals surface area contributed by atoms with Crippen molar-refractivity contribution >= 4 is 34.2 Å². The second kappa shape index (κ2) is 8.32. The zero-order valence-electron chi connectivity index (χ0n) is 17.6. The predicted molar refractivity (Wildman–Crippen MR) is 120 cm³/mol. The molecule has 0 unspecified atom stereocenters. The highest BCUT2D eigenvalue weighted by atomic mass is 35.5. The molecule has 6 heteroatoms. The summed E-state index contributed by atoms with van der Waals surface area (Å²) >= 11 is 6.20. The third-order valence-electron chi connectivity index (χ3n) is 6.12. The molecule has 0 bridgehead atoms. The molecule has 2 N–H and O–H groups in total. The second-order valence-corrected chi connectivity index (χ2v) is 8.70. The molecule has 30 heavy (non-hydrogen) atoms. The van der Waals surface area contributed by atoms with Gasteiger partial charge in [-0.05, 0) is 75.5 Å². The number of phenols is 1. The fraction of sp³-hybridized carbons (Fsp3) is 0.375. The van der Waals surface area contributed by atoms with Crippen LogP contribution in [0.2, 0.25) is 5.02 Å². The number of amides is 1. The van der Waals surface area contributed by atoms with E-state index >= 15 is 0 Å². The molecule has 3 aromatic rings. The Balaban J connectivity index is 1.72. The molecule has 0 atom stereocenters. The molecule has 1 aromatic heterocycles. The number of piperidine rings is 1. The van der Waals surface area contributed by atoms with E-state index in [2.05, 4.69) is 17.1 Å². The summed E-state index contributed by atoms with van der Waals surface area (Å²) in [7, 11) is 0. The molecule has 5 nitrogen and oxygen atoms in total. The van der Waals surface area contributed by atoms with E-state index in [1.165, 1.54) is 0 Å². The van der Waals surface area contributed by atoms with E-state index in [4.69, 9.17) is 16.0 Å². The number of rotatable bonds is 4. The third kappa shape index (κ3) is 3.92. The quantitative estimate of drug-likeness (QED) is 0.545. The fourth-order valence-electron chi connectivity index (χ4n) is 4.17. The van der Waals surface area contributed by atoms with Gasteiger partial charge < -0.3 is 14.8 Å². The molecule has 1 saturated heterocycles. The molecule has 1 aliphatic heterocycles. The minimum Gasteiger partial charge on any atom is -0.508 e. The zero-order valence-corrected chi connectivity index (χ0v) is 18.3. The average Bonchev–Trinajstić information content (AvgIpc) is 3.05. The van der Waals surface area contributed by atoms with Gasteiger partial charge in [-0.3, -0.25) is 9.69 Å². The molecule has 4 rings (SSSR count). The van der Waals surface area contributed by atoms with Crippen molar-refractivity contribution in [1.29, 1.82) is 0 Å². The number of halogens is 1. The summed E-state index contributed by atoms with van der Waals surface area (Å²) in [6.07, 6.45) is 2.28. The number of aryl methyl sites for hydroxylation is 1. The highest BCUT2D eigenvalue weighted by Gasteiger charge is 2.25. The molecule has 1 aliphatic rings. The molecule has 0 spiro atoms. The van der Waals surface area contributed by atoms with Gasteiger partial charge in [-0.25, -0.2) is 0 Å².